The van der Waals surface area contributed by atoms with Crippen LogP contribution in [0.2, 0.25) is 0 Å². The fourth-order valence-electron chi connectivity index (χ4n) is 7.30. The van der Waals surface area contributed by atoms with Crippen molar-refractivity contribution in [3.05, 3.63) is 0 Å². The summed E-state index contributed by atoms with van der Waals surface area (Å²) in [5, 5.41) is 5.88. The Labute approximate surface area is 198 Å². The highest BCUT2D eigenvalue weighted by Crippen LogP contribution is 2.61. The molecule has 0 aromatic rings. The number of alkyl carbamates (subject to hydrolysis) is 1. The highest BCUT2D eigenvalue weighted by molar-refractivity contribution is 5.77. The predicted molar refractivity (Wildman–Crippen MR) is 126 cm³/mol. The SMILES string of the molecule is CC(C)(C)OC(=O)NCCC(=O)N1CCC(CNC(=O)CC23CC4CC(CC(C4)C2)C3)CC1. The minimum atomic E-state index is -0.541. The lowest BCUT2D eigenvalue weighted by Gasteiger charge is -2.56. The third-order valence-corrected chi connectivity index (χ3v) is 8.26. The standard InChI is InChI=1S/C26H43N3O4/c1-25(2,3)33-24(32)27-7-4-23(31)29-8-5-18(6-9-29)17-28-22(30)16-26-13-19-10-20(14-26)12-21(11-19)15-26/h18-21H,4-17H2,1-3H3,(H,27,32)(H,28,30). The second kappa shape index (κ2) is 9.83. The van der Waals surface area contributed by atoms with Crippen LogP contribution in [0.5, 0.6) is 0 Å². The summed E-state index contributed by atoms with van der Waals surface area (Å²) in [7, 11) is 0. The third kappa shape index (κ3) is 6.63. The molecule has 4 bridgehead atoms. The molecular formula is C26H43N3O4. The molecule has 5 fully saturated rings. The zero-order chi connectivity index (χ0) is 23.6. The predicted octanol–water partition coefficient (Wildman–Crippen LogP) is 3.86. The molecule has 1 aliphatic heterocycles. The second-order valence-electron chi connectivity index (χ2n) is 12.4. The van der Waals surface area contributed by atoms with E-state index < -0.39 is 11.7 Å². The smallest absolute Gasteiger partial charge is 0.407 e. The molecule has 0 aromatic carbocycles. The zero-order valence-electron chi connectivity index (χ0n) is 20.8. The van der Waals surface area contributed by atoms with Gasteiger partial charge in [0.1, 0.15) is 5.60 Å². The summed E-state index contributed by atoms with van der Waals surface area (Å²) >= 11 is 0. The van der Waals surface area contributed by atoms with Crippen LogP contribution in [0, 0.1) is 29.1 Å². The van der Waals surface area contributed by atoms with Crippen LogP contribution in [0.1, 0.15) is 85.0 Å². The maximum absolute atomic E-state index is 12.8. The Kier molecular flexibility index (Phi) is 7.25. The molecule has 4 aliphatic carbocycles. The van der Waals surface area contributed by atoms with Crippen LogP contribution >= 0.6 is 0 Å². The normalized spacial score (nSPS) is 31.4. The van der Waals surface area contributed by atoms with E-state index in [9.17, 15) is 14.4 Å². The summed E-state index contributed by atoms with van der Waals surface area (Å²) in [6.07, 6.45) is 10.4. The first-order valence-corrected chi connectivity index (χ1v) is 13.1. The Morgan fingerprint density at radius 3 is 2.06 bits per heavy atom. The van der Waals surface area contributed by atoms with Crippen LogP contribution in [0.15, 0.2) is 0 Å². The van der Waals surface area contributed by atoms with Gasteiger partial charge in [0, 0.05) is 39.0 Å². The summed E-state index contributed by atoms with van der Waals surface area (Å²) in [5.74, 6) is 3.38. The van der Waals surface area contributed by atoms with Gasteiger partial charge in [-0.3, -0.25) is 9.59 Å². The molecule has 7 nitrogen and oxygen atoms in total. The number of rotatable bonds is 7. The number of nitrogens with zero attached hydrogens (tertiary/aromatic N) is 1. The molecule has 1 heterocycles. The van der Waals surface area contributed by atoms with Gasteiger partial charge in [-0.2, -0.15) is 0 Å². The Bertz CT molecular complexity index is 701. The Balaban J connectivity index is 1.11. The van der Waals surface area contributed by atoms with Gasteiger partial charge in [-0.05, 0) is 101 Å². The Morgan fingerprint density at radius 1 is 0.939 bits per heavy atom. The van der Waals surface area contributed by atoms with Gasteiger partial charge in [0.25, 0.3) is 0 Å². The Hall–Kier alpha value is -1.79. The summed E-state index contributed by atoms with van der Waals surface area (Å²) in [6, 6.07) is 0. The molecule has 4 saturated carbocycles. The monoisotopic (exact) mass is 461 g/mol. The molecule has 0 radical (unpaired) electrons. The van der Waals surface area contributed by atoms with E-state index in [1.54, 1.807) is 0 Å². The Morgan fingerprint density at radius 2 is 1.52 bits per heavy atom. The number of ether oxygens (including phenoxy) is 1. The molecule has 3 amide bonds. The average Bonchev–Trinajstić information content (AvgIpc) is 2.70. The number of piperidine rings is 1. The van der Waals surface area contributed by atoms with Crippen molar-refractivity contribution in [3.8, 4) is 0 Å². The van der Waals surface area contributed by atoms with Crippen molar-refractivity contribution >= 4 is 17.9 Å². The first-order valence-electron chi connectivity index (χ1n) is 13.1. The molecule has 0 aromatic heterocycles. The minimum Gasteiger partial charge on any atom is -0.444 e. The van der Waals surface area contributed by atoms with E-state index in [2.05, 4.69) is 10.6 Å². The molecule has 5 aliphatic rings. The molecule has 7 heteroatoms. The molecule has 1 saturated heterocycles. The first-order chi connectivity index (χ1) is 15.6. The zero-order valence-corrected chi connectivity index (χ0v) is 20.8. The van der Waals surface area contributed by atoms with E-state index in [1.807, 2.05) is 25.7 Å². The molecule has 186 valence electrons. The van der Waals surface area contributed by atoms with Crippen molar-refractivity contribution < 1.29 is 19.1 Å². The van der Waals surface area contributed by atoms with Crippen LogP contribution in [0.4, 0.5) is 4.79 Å². The van der Waals surface area contributed by atoms with Gasteiger partial charge >= 0.3 is 6.09 Å². The molecule has 0 atom stereocenters. The summed E-state index contributed by atoms with van der Waals surface area (Å²) in [5.41, 5.74) is -0.247. The molecule has 5 rings (SSSR count). The van der Waals surface area contributed by atoms with Crippen LogP contribution < -0.4 is 10.6 Å². The first kappa shape index (κ1) is 24.3. The third-order valence-electron chi connectivity index (χ3n) is 8.26. The summed E-state index contributed by atoms with van der Waals surface area (Å²) in [4.78, 5) is 38.8. The molecule has 0 unspecified atom stereocenters. The maximum Gasteiger partial charge on any atom is 0.407 e. The van der Waals surface area contributed by atoms with E-state index in [-0.39, 0.29) is 24.8 Å². The molecular weight excluding hydrogens is 418 g/mol. The molecule has 2 N–H and O–H groups in total. The summed E-state index contributed by atoms with van der Waals surface area (Å²) in [6.45, 7) is 7.90. The van der Waals surface area contributed by atoms with Crippen LogP contribution in [-0.2, 0) is 14.3 Å². The number of likely N-dealkylation sites (tertiary alicyclic amines) is 1. The van der Waals surface area contributed by atoms with Gasteiger partial charge in [-0.1, -0.05) is 0 Å². The van der Waals surface area contributed by atoms with Crippen molar-refractivity contribution in [1.29, 1.82) is 0 Å². The van der Waals surface area contributed by atoms with Crippen molar-refractivity contribution in [3.63, 3.8) is 0 Å². The van der Waals surface area contributed by atoms with Gasteiger partial charge in [-0.25, -0.2) is 4.79 Å². The number of hydrogen-bond acceptors (Lipinski definition) is 4. The van der Waals surface area contributed by atoms with E-state index in [1.165, 1.54) is 38.5 Å². The average molecular weight is 462 g/mol. The van der Waals surface area contributed by atoms with Gasteiger partial charge in [0.2, 0.25) is 11.8 Å². The number of carbonyl (C=O) groups is 3. The van der Waals surface area contributed by atoms with Gasteiger partial charge in [0.05, 0.1) is 0 Å². The van der Waals surface area contributed by atoms with Crippen LogP contribution in [0.25, 0.3) is 0 Å². The maximum atomic E-state index is 12.8. The van der Waals surface area contributed by atoms with Crippen LogP contribution in [-0.4, -0.2) is 54.6 Å². The lowest BCUT2D eigenvalue weighted by atomic mass is 9.49. The number of nitrogens with one attached hydrogen (secondary N) is 2. The number of carbonyl (C=O) groups excluding carboxylic acids is 3. The van der Waals surface area contributed by atoms with Gasteiger partial charge in [-0.15, -0.1) is 0 Å². The molecule has 0 spiro atoms. The lowest BCUT2D eigenvalue weighted by Crippen LogP contribution is -2.48. The fourth-order valence-corrected chi connectivity index (χ4v) is 7.30. The van der Waals surface area contributed by atoms with Crippen molar-refractivity contribution in [2.75, 3.05) is 26.2 Å². The van der Waals surface area contributed by atoms with Gasteiger partial charge < -0.3 is 20.3 Å². The topological polar surface area (TPSA) is 87.7 Å². The van der Waals surface area contributed by atoms with E-state index >= 15 is 0 Å². The lowest BCUT2D eigenvalue weighted by molar-refractivity contribution is -0.133. The van der Waals surface area contributed by atoms with Crippen molar-refractivity contribution in [2.45, 2.75) is 90.6 Å². The van der Waals surface area contributed by atoms with Gasteiger partial charge in [0.15, 0.2) is 0 Å². The molecule has 33 heavy (non-hydrogen) atoms. The fraction of sp³-hybridized carbons (Fsp3) is 0.885. The second-order valence-corrected chi connectivity index (χ2v) is 12.4. The van der Waals surface area contributed by atoms with Crippen molar-refractivity contribution in [2.24, 2.45) is 29.1 Å². The number of amides is 3. The highest BCUT2D eigenvalue weighted by atomic mass is 16.6. The largest absolute Gasteiger partial charge is 0.444 e. The van der Waals surface area contributed by atoms with Crippen molar-refractivity contribution in [1.82, 2.24) is 15.5 Å². The summed E-state index contributed by atoms with van der Waals surface area (Å²) < 4.78 is 5.19. The van der Waals surface area contributed by atoms with Crippen LogP contribution in [0.3, 0.4) is 0 Å². The van der Waals surface area contributed by atoms with E-state index in [0.717, 1.165) is 56.7 Å². The minimum absolute atomic E-state index is 0.0651. The van der Waals surface area contributed by atoms with E-state index in [4.69, 9.17) is 4.74 Å². The highest BCUT2D eigenvalue weighted by Gasteiger charge is 2.51. The van der Waals surface area contributed by atoms with E-state index in [0.29, 0.717) is 11.3 Å². The quantitative estimate of drug-likeness (QED) is 0.603. The number of hydrogen-bond donors (Lipinski definition) is 2.